The van der Waals surface area contributed by atoms with E-state index in [0.29, 0.717) is 19.4 Å². The van der Waals surface area contributed by atoms with Crippen LogP contribution < -0.4 is 0 Å². The largest absolute Gasteiger partial charge is 0.480 e. The highest BCUT2D eigenvalue weighted by atomic mass is 16.4. The molecule has 6 nitrogen and oxygen atoms in total. The van der Waals surface area contributed by atoms with E-state index in [1.165, 1.54) is 11.9 Å². The van der Waals surface area contributed by atoms with E-state index in [2.05, 4.69) is 0 Å². The molecule has 1 unspecified atom stereocenters. The van der Waals surface area contributed by atoms with E-state index >= 15 is 0 Å². The molecule has 1 aliphatic heterocycles. The highest BCUT2D eigenvalue weighted by Gasteiger charge is 2.27. The van der Waals surface area contributed by atoms with Crippen LogP contribution in [0.1, 0.15) is 39.0 Å². The molecule has 0 bridgehead atoms. The summed E-state index contributed by atoms with van der Waals surface area (Å²) in [7, 11) is 1.48. The molecule has 1 N–H and O–H groups in total. The molecule has 0 aromatic rings. The fourth-order valence-electron chi connectivity index (χ4n) is 2.27. The van der Waals surface area contributed by atoms with Gasteiger partial charge in [-0.15, -0.1) is 0 Å². The molecule has 1 atom stereocenters. The van der Waals surface area contributed by atoms with Crippen molar-refractivity contribution in [1.82, 2.24) is 9.80 Å². The third-order valence-electron chi connectivity index (χ3n) is 3.53. The molecular weight excluding hydrogens is 248 g/mol. The minimum Gasteiger partial charge on any atom is -0.480 e. The van der Waals surface area contributed by atoms with Gasteiger partial charge in [-0.1, -0.05) is 13.3 Å². The van der Waals surface area contributed by atoms with Crippen LogP contribution in [0.2, 0.25) is 0 Å². The summed E-state index contributed by atoms with van der Waals surface area (Å²) in [6, 6.07) is -0.824. The van der Waals surface area contributed by atoms with Gasteiger partial charge in [0.15, 0.2) is 0 Å². The van der Waals surface area contributed by atoms with E-state index < -0.39 is 12.0 Å². The van der Waals surface area contributed by atoms with E-state index in [4.69, 9.17) is 5.11 Å². The van der Waals surface area contributed by atoms with Crippen molar-refractivity contribution >= 4 is 17.8 Å². The zero-order chi connectivity index (χ0) is 14.4. The third kappa shape index (κ3) is 4.22. The van der Waals surface area contributed by atoms with Crippen LogP contribution in [-0.2, 0) is 14.4 Å². The molecule has 0 aromatic carbocycles. The maximum absolute atomic E-state index is 12.0. The number of hydrogen-bond donors (Lipinski definition) is 1. The van der Waals surface area contributed by atoms with Crippen molar-refractivity contribution in [2.45, 2.75) is 45.1 Å². The van der Waals surface area contributed by atoms with Crippen LogP contribution in [0.15, 0.2) is 0 Å². The second-order valence-corrected chi connectivity index (χ2v) is 4.89. The average Bonchev–Trinajstić information content (AvgIpc) is 2.55. The Morgan fingerprint density at radius 1 is 1.37 bits per heavy atom. The molecule has 0 aliphatic carbocycles. The number of carboxylic acid groups (broad SMARTS) is 1. The van der Waals surface area contributed by atoms with E-state index in [9.17, 15) is 14.4 Å². The molecule has 0 spiro atoms. The quantitative estimate of drug-likeness (QED) is 0.798. The Morgan fingerprint density at radius 3 is 2.63 bits per heavy atom. The standard InChI is InChI=1S/C13H22N2O4/c1-3-10(13(18)19)14(2)12(17)9-15-8-6-4-5-7-11(15)16/h10H,3-9H2,1-2H3,(H,18,19). The highest BCUT2D eigenvalue weighted by Crippen LogP contribution is 2.12. The van der Waals surface area contributed by atoms with Crippen LogP contribution in [0.5, 0.6) is 0 Å². The Hall–Kier alpha value is -1.59. The molecule has 0 radical (unpaired) electrons. The molecule has 0 aromatic heterocycles. The lowest BCUT2D eigenvalue weighted by molar-refractivity contribution is -0.150. The van der Waals surface area contributed by atoms with Crippen molar-refractivity contribution in [1.29, 1.82) is 0 Å². The summed E-state index contributed by atoms with van der Waals surface area (Å²) in [6.07, 6.45) is 3.60. The number of amides is 2. The number of likely N-dealkylation sites (tertiary alicyclic amines) is 1. The van der Waals surface area contributed by atoms with Crippen LogP contribution in [0, 0.1) is 0 Å². The van der Waals surface area contributed by atoms with Crippen molar-refractivity contribution in [3.8, 4) is 0 Å². The van der Waals surface area contributed by atoms with Crippen molar-refractivity contribution in [3.63, 3.8) is 0 Å². The molecule has 19 heavy (non-hydrogen) atoms. The van der Waals surface area contributed by atoms with Crippen molar-refractivity contribution in [2.75, 3.05) is 20.1 Å². The summed E-state index contributed by atoms with van der Waals surface area (Å²) >= 11 is 0. The molecular formula is C13H22N2O4. The Balaban J connectivity index is 2.62. The number of rotatable bonds is 5. The average molecular weight is 270 g/mol. The van der Waals surface area contributed by atoms with Gasteiger partial charge in [0.05, 0.1) is 6.54 Å². The smallest absolute Gasteiger partial charge is 0.326 e. The first-order valence-corrected chi connectivity index (χ1v) is 6.73. The summed E-state index contributed by atoms with van der Waals surface area (Å²) in [5.41, 5.74) is 0. The first kappa shape index (κ1) is 15.5. The Kier molecular flexibility index (Phi) is 5.79. The minimum absolute atomic E-state index is 0.0115. The number of likely N-dealkylation sites (N-methyl/N-ethyl adjacent to an activating group) is 1. The molecule has 1 fully saturated rings. The van der Waals surface area contributed by atoms with Gasteiger partial charge in [0, 0.05) is 20.0 Å². The van der Waals surface area contributed by atoms with Crippen molar-refractivity contribution in [2.24, 2.45) is 0 Å². The maximum atomic E-state index is 12.0. The van der Waals surface area contributed by atoms with Crippen LogP contribution >= 0.6 is 0 Å². The normalized spacial score (nSPS) is 17.8. The van der Waals surface area contributed by atoms with E-state index in [1.807, 2.05) is 0 Å². The molecule has 0 saturated carbocycles. The highest BCUT2D eigenvalue weighted by molar-refractivity contribution is 5.87. The zero-order valence-electron chi connectivity index (χ0n) is 11.6. The molecule has 2 amide bonds. The number of carboxylic acids is 1. The van der Waals surface area contributed by atoms with E-state index in [1.54, 1.807) is 11.8 Å². The topological polar surface area (TPSA) is 77.9 Å². The number of aliphatic carboxylic acids is 1. The number of carbonyl (C=O) groups excluding carboxylic acids is 2. The summed E-state index contributed by atoms with van der Waals surface area (Å²) < 4.78 is 0. The van der Waals surface area contributed by atoms with Crippen LogP contribution in [0.25, 0.3) is 0 Å². The zero-order valence-corrected chi connectivity index (χ0v) is 11.6. The van der Waals surface area contributed by atoms with Gasteiger partial charge < -0.3 is 14.9 Å². The fourth-order valence-corrected chi connectivity index (χ4v) is 2.27. The molecule has 1 heterocycles. The lowest BCUT2D eigenvalue weighted by atomic mass is 10.2. The van der Waals surface area contributed by atoms with E-state index in [-0.39, 0.29) is 18.4 Å². The van der Waals surface area contributed by atoms with Gasteiger partial charge in [-0.3, -0.25) is 9.59 Å². The fraction of sp³-hybridized carbons (Fsp3) is 0.769. The van der Waals surface area contributed by atoms with Gasteiger partial charge in [-0.25, -0.2) is 4.79 Å². The summed E-state index contributed by atoms with van der Waals surface area (Å²) in [5.74, 6) is -1.34. The molecule has 6 heteroatoms. The number of carbonyl (C=O) groups is 3. The van der Waals surface area contributed by atoms with Crippen molar-refractivity contribution in [3.05, 3.63) is 0 Å². The monoisotopic (exact) mass is 270 g/mol. The SMILES string of the molecule is CCC(C(=O)O)N(C)C(=O)CN1CCCCCC1=O. The molecule has 108 valence electrons. The number of nitrogens with zero attached hydrogens (tertiary/aromatic N) is 2. The predicted octanol–water partition coefficient (Wildman–Crippen LogP) is 0.711. The summed E-state index contributed by atoms with van der Waals surface area (Å²) in [6.45, 7) is 2.29. The summed E-state index contributed by atoms with van der Waals surface area (Å²) in [4.78, 5) is 37.6. The molecule has 1 saturated heterocycles. The number of hydrogen-bond acceptors (Lipinski definition) is 3. The van der Waals surface area contributed by atoms with Gasteiger partial charge in [-0.05, 0) is 19.3 Å². The molecule has 1 aliphatic rings. The van der Waals surface area contributed by atoms with E-state index in [0.717, 1.165) is 19.3 Å². The van der Waals surface area contributed by atoms with Crippen LogP contribution in [-0.4, -0.2) is 58.9 Å². The van der Waals surface area contributed by atoms with Gasteiger partial charge in [-0.2, -0.15) is 0 Å². The van der Waals surface area contributed by atoms with Crippen molar-refractivity contribution < 1.29 is 19.5 Å². The van der Waals surface area contributed by atoms with Crippen LogP contribution in [0.3, 0.4) is 0 Å². The Bertz CT molecular complexity index is 357. The second-order valence-electron chi connectivity index (χ2n) is 4.89. The minimum atomic E-state index is -1.01. The lowest BCUT2D eigenvalue weighted by Gasteiger charge is -2.27. The lowest BCUT2D eigenvalue weighted by Crippen LogP contribution is -2.47. The summed E-state index contributed by atoms with van der Waals surface area (Å²) in [5, 5.41) is 9.02. The van der Waals surface area contributed by atoms with Gasteiger partial charge in [0.2, 0.25) is 11.8 Å². The Labute approximate surface area is 113 Å². The first-order valence-electron chi connectivity index (χ1n) is 6.73. The Morgan fingerprint density at radius 2 is 2.05 bits per heavy atom. The first-order chi connectivity index (χ1) is 8.97. The van der Waals surface area contributed by atoms with Crippen LogP contribution in [0.4, 0.5) is 0 Å². The maximum Gasteiger partial charge on any atom is 0.326 e. The molecule has 1 rings (SSSR count). The van der Waals surface area contributed by atoms with Gasteiger partial charge >= 0.3 is 5.97 Å². The second kappa shape index (κ2) is 7.11. The third-order valence-corrected chi connectivity index (χ3v) is 3.53. The van der Waals surface area contributed by atoms with Gasteiger partial charge in [0.25, 0.3) is 0 Å². The predicted molar refractivity (Wildman–Crippen MR) is 69.5 cm³/mol. The van der Waals surface area contributed by atoms with Gasteiger partial charge in [0.1, 0.15) is 6.04 Å².